The summed E-state index contributed by atoms with van der Waals surface area (Å²) in [6, 6.07) is 4.16. The van der Waals surface area contributed by atoms with Gasteiger partial charge in [0.1, 0.15) is 5.75 Å². The van der Waals surface area contributed by atoms with Gasteiger partial charge in [-0.3, -0.25) is 4.79 Å². The van der Waals surface area contributed by atoms with E-state index >= 15 is 0 Å². The summed E-state index contributed by atoms with van der Waals surface area (Å²) < 4.78 is 42.2. The molecule has 0 spiro atoms. The molecule has 1 aliphatic carbocycles. The third-order valence-electron chi connectivity index (χ3n) is 3.31. The monoisotopic (exact) mass is 302 g/mol. The van der Waals surface area contributed by atoms with Crippen LogP contribution < -0.4 is 15.8 Å². The highest BCUT2D eigenvalue weighted by Gasteiger charge is 2.30. The lowest BCUT2D eigenvalue weighted by molar-refractivity contribution is -0.137. The second-order valence-corrected chi connectivity index (χ2v) is 5.12. The minimum atomic E-state index is -4.38. The largest absolute Gasteiger partial charge is 0.484 e. The van der Waals surface area contributed by atoms with Crippen molar-refractivity contribution in [3.05, 3.63) is 29.8 Å². The van der Waals surface area contributed by atoms with Gasteiger partial charge < -0.3 is 15.8 Å². The molecule has 2 rings (SSSR count). The van der Waals surface area contributed by atoms with Crippen molar-refractivity contribution >= 4 is 5.91 Å². The molecular weight excluding hydrogens is 285 g/mol. The molecule has 4 nitrogen and oxygen atoms in total. The quantitative estimate of drug-likeness (QED) is 0.844. The zero-order valence-corrected chi connectivity index (χ0v) is 11.3. The topological polar surface area (TPSA) is 64.3 Å². The van der Waals surface area contributed by atoms with Gasteiger partial charge in [0.15, 0.2) is 6.61 Å². The summed E-state index contributed by atoms with van der Waals surface area (Å²) in [5.74, 6) is 0.358. The predicted molar refractivity (Wildman–Crippen MR) is 70.6 cm³/mol. The van der Waals surface area contributed by atoms with E-state index in [1.165, 1.54) is 12.1 Å². The molecule has 0 aromatic heterocycles. The highest BCUT2D eigenvalue weighted by atomic mass is 19.4. The number of carbonyl (C=O) groups excluding carboxylic acids is 1. The molecule has 1 fully saturated rings. The van der Waals surface area contributed by atoms with E-state index in [2.05, 4.69) is 5.32 Å². The average Bonchev–Trinajstić information content (AvgIpc) is 3.26. The number of nitrogens with two attached hydrogens (primary N) is 1. The molecule has 1 saturated carbocycles. The third kappa shape index (κ3) is 4.93. The minimum Gasteiger partial charge on any atom is -0.484 e. The highest BCUT2D eigenvalue weighted by Crippen LogP contribution is 2.31. The summed E-state index contributed by atoms with van der Waals surface area (Å²) in [7, 11) is 0. The zero-order chi connectivity index (χ0) is 15.5. The molecule has 7 heteroatoms. The zero-order valence-electron chi connectivity index (χ0n) is 11.3. The van der Waals surface area contributed by atoms with E-state index in [1.54, 1.807) is 0 Å². The lowest BCUT2D eigenvalue weighted by Crippen LogP contribution is -2.40. The molecule has 1 unspecified atom stereocenters. The first kappa shape index (κ1) is 15.6. The van der Waals surface area contributed by atoms with E-state index in [4.69, 9.17) is 10.5 Å². The Labute approximate surface area is 120 Å². The molecule has 1 aromatic rings. The van der Waals surface area contributed by atoms with Gasteiger partial charge in [-0.2, -0.15) is 13.2 Å². The van der Waals surface area contributed by atoms with Gasteiger partial charge in [-0.25, -0.2) is 0 Å². The van der Waals surface area contributed by atoms with Crippen LogP contribution in [0.1, 0.15) is 18.4 Å². The Morgan fingerprint density at radius 2 is 1.95 bits per heavy atom. The van der Waals surface area contributed by atoms with Gasteiger partial charge >= 0.3 is 6.18 Å². The molecule has 21 heavy (non-hydrogen) atoms. The Hall–Kier alpha value is -1.76. The average molecular weight is 302 g/mol. The summed E-state index contributed by atoms with van der Waals surface area (Å²) in [5.41, 5.74) is 5.07. The fourth-order valence-corrected chi connectivity index (χ4v) is 1.86. The summed E-state index contributed by atoms with van der Waals surface area (Å²) in [5, 5.41) is 2.64. The van der Waals surface area contributed by atoms with Crippen molar-refractivity contribution in [2.75, 3.05) is 13.2 Å². The van der Waals surface area contributed by atoms with Crippen LogP contribution in [0.3, 0.4) is 0 Å². The maximum atomic E-state index is 12.4. The van der Waals surface area contributed by atoms with Crippen LogP contribution in [-0.2, 0) is 11.0 Å². The van der Waals surface area contributed by atoms with Gasteiger partial charge in [0.2, 0.25) is 0 Å². The summed E-state index contributed by atoms with van der Waals surface area (Å²) in [6.07, 6.45) is -2.19. The molecule has 1 atom stereocenters. The van der Waals surface area contributed by atoms with E-state index in [0.29, 0.717) is 12.5 Å². The van der Waals surface area contributed by atoms with Crippen molar-refractivity contribution in [2.24, 2.45) is 11.7 Å². The van der Waals surface area contributed by atoms with Crippen molar-refractivity contribution in [3.63, 3.8) is 0 Å². The molecule has 116 valence electrons. The minimum absolute atomic E-state index is 0.0416. The number of carbonyl (C=O) groups is 1. The standard InChI is InChI=1S/C14H17F3N2O2/c15-14(16,17)10-3-5-11(6-4-10)21-8-13(20)19-7-12(18)9-1-2-9/h3-6,9,12H,1-2,7-8,18H2,(H,19,20). The van der Waals surface area contributed by atoms with Crippen molar-refractivity contribution < 1.29 is 22.7 Å². The van der Waals surface area contributed by atoms with Gasteiger partial charge in [-0.1, -0.05) is 0 Å². The van der Waals surface area contributed by atoms with E-state index in [9.17, 15) is 18.0 Å². The van der Waals surface area contributed by atoms with Gasteiger partial charge in [0.05, 0.1) is 5.56 Å². The summed E-state index contributed by atoms with van der Waals surface area (Å²) >= 11 is 0. The normalized spacial score (nSPS) is 16.4. The first-order chi connectivity index (χ1) is 9.86. The fourth-order valence-electron chi connectivity index (χ4n) is 1.86. The Kier molecular flexibility index (Phi) is 4.72. The molecule has 3 N–H and O–H groups in total. The highest BCUT2D eigenvalue weighted by molar-refractivity contribution is 5.77. The number of ether oxygens (including phenoxy) is 1. The fraction of sp³-hybridized carbons (Fsp3) is 0.500. The molecule has 0 saturated heterocycles. The van der Waals surface area contributed by atoms with Crippen molar-refractivity contribution in [1.29, 1.82) is 0 Å². The number of amides is 1. The lowest BCUT2D eigenvalue weighted by atomic mass is 10.2. The number of halogens is 3. The number of nitrogens with one attached hydrogen (secondary N) is 1. The van der Waals surface area contributed by atoms with Gasteiger partial charge in [-0.15, -0.1) is 0 Å². The predicted octanol–water partition coefficient (Wildman–Crippen LogP) is 1.94. The van der Waals surface area contributed by atoms with Crippen LogP contribution in [0.15, 0.2) is 24.3 Å². The number of benzene rings is 1. The van der Waals surface area contributed by atoms with Gasteiger partial charge in [-0.05, 0) is 43.0 Å². The summed E-state index contributed by atoms with van der Waals surface area (Å²) in [4.78, 5) is 11.5. The molecule has 0 bridgehead atoms. The van der Waals surface area contributed by atoms with Crippen LogP contribution in [0, 0.1) is 5.92 Å². The second kappa shape index (κ2) is 6.34. The van der Waals surface area contributed by atoms with Gasteiger partial charge in [0, 0.05) is 12.6 Å². The molecule has 0 heterocycles. The van der Waals surface area contributed by atoms with Crippen molar-refractivity contribution in [1.82, 2.24) is 5.32 Å². The molecule has 0 aliphatic heterocycles. The Balaban J connectivity index is 1.73. The Morgan fingerprint density at radius 3 is 2.48 bits per heavy atom. The second-order valence-electron chi connectivity index (χ2n) is 5.12. The first-order valence-electron chi connectivity index (χ1n) is 6.68. The van der Waals surface area contributed by atoms with Crippen LogP contribution in [0.4, 0.5) is 13.2 Å². The lowest BCUT2D eigenvalue weighted by Gasteiger charge is -2.12. The van der Waals surface area contributed by atoms with E-state index in [0.717, 1.165) is 25.0 Å². The van der Waals surface area contributed by atoms with E-state index in [-0.39, 0.29) is 24.3 Å². The maximum Gasteiger partial charge on any atom is 0.416 e. The smallest absolute Gasteiger partial charge is 0.416 e. The molecule has 0 radical (unpaired) electrons. The maximum absolute atomic E-state index is 12.4. The van der Waals surface area contributed by atoms with E-state index < -0.39 is 11.7 Å². The number of hydrogen-bond acceptors (Lipinski definition) is 3. The first-order valence-corrected chi connectivity index (χ1v) is 6.68. The van der Waals surface area contributed by atoms with Crippen LogP contribution in [0.5, 0.6) is 5.75 Å². The SMILES string of the molecule is NC(CNC(=O)COc1ccc(C(F)(F)F)cc1)C1CC1. The molecule has 1 amide bonds. The molecular formula is C14H17F3N2O2. The molecule has 1 aliphatic rings. The van der Waals surface area contributed by atoms with Crippen molar-refractivity contribution in [2.45, 2.75) is 25.1 Å². The van der Waals surface area contributed by atoms with Gasteiger partial charge in [0.25, 0.3) is 5.91 Å². The summed E-state index contributed by atoms with van der Waals surface area (Å²) in [6.45, 7) is 0.141. The number of alkyl halides is 3. The Bertz CT molecular complexity index is 484. The van der Waals surface area contributed by atoms with Crippen LogP contribution in [0.25, 0.3) is 0 Å². The van der Waals surface area contributed by atoms with Crippen LogP contribution >= 0.6 is 0 Å². The Morgan fingerprint density at radius 1 is 1.33 bits per heavy atom. The van der Waals surface area contributed by atoms with Crippen LogP contribution in [0.2, 0.25) is 0 Å². The number of hydrogen-bond donors (Lipinski definition) is 2. The van der Waals surface area contributed by atoms with Crippen LogP contribution in [-0.4, -0.2) is 25.1 Å². The molecule has 1 aromatic carbocycles. The third-order valence-corrected chi connectivity index (χ3v) is 3.31. The van der Waals surface area contributed by atoms with Crippen molar-refractivity contribution in [3.8, 4) is 5.75 Å². The number of rotatable bonds is 6. The van der Waals surface area contributed by atoms with E-state index in [1.807, 2.05) is 0 Å².